The lowest BCUT2D eigenvalue weighted by Gasteiger charge is -2.08. The van der Waals surface area contributed by atoms with E-state index in [-0.39, 0.29) is 5.78 Å². The highest BCUT2D eigenvalue weighted by molar-refractivity contribution is 6.05. The molecule has 0 aliphatic rings. The van der Waals surface area contributed by atoms with Gasteiger partial charge in [0, 0.05) is 23.5 Å². The minimum Gasteiger partial charge on any atom is -0.493 e. The number of nitrogens with one attached hydrogen (secondary N) is 1. The van der Waals surface area contributed by atoms with E-state index in [0.717, 1.165) is 11.3 Å². The Morgan fingerprint density at radius 3 is 2.45 bits per heavy atom. The number of rotatable bonds is 6. The van der Waals surface area contributed by atoms with Crippen molar-refractivity contribution in [3.8, 4) is 11.5 Å². The highest BCUT2D eigenvalue weighted by atomic mass is 16.5. The monoisotopic (exact) mass is 297 g/mol. The lowest BCUT2D eigenvalue weighted by molar-refractivity contribution is 0.104. The highest BCUT2D eigenvalue weighted by Gasteiger charge is 2.08. The van der Waals surface area contributed by atoms with E-state index in [9.17, 15) is 4.79 Å². The molecule has 0 bridgehead atoms. The number of hydrogen-bond donors (Lipinski definition) is 1. The molecule has 0 atom stereocenters. The average molecular weight is 297 g/mol. The van der Waals surface area contributed by atoms with E-state index in [1.165, 1.54) is 6.08 Å². The molecule has 0 aromatic heterocycles. The summed E-state index contributed by atoms with van der Waals surface area (Å²) in [6.07, 6.45) is 3.13. The van der Waals surface area contributed by atoms with Crippen molar-refractivity contribution in [1.29, 1.82) is 0 Å². The van der Waals surface area contributed by atoms with Crippen LogP contribution in [-0.2, 0) is 0 Å². The molecule has 2 rings (SSSR count). The molecule has 4 nitrogen and oxygen atoms in total. The second-order valence-electron chi connectivity index (χ2n) is 4.73. The van der Waals surface area contributed by atoms with Gasteiger partial charge in [0.2, 0.25) is 0 Å². The third-order valence-corrected chi connectivity index (χ3v) is 3.29. The SMILES string of the molecule is COc1ccc(C(=O)C=CNc2ccccc2C)cc1OC. The number of carbonyl (C=O) groups is 1. The molecule has 22 heavy (non-hydrogen) atoms. The van der Waals surface area contributed by atoms with E-state index >= 15 is 0 Å². The number of ketones is 1. The van der Waals surface area contributed by atoms with E-state index in [2.05, 4.69) is 5.32 Å². The van der Waals surface area contributed by atoms with Gasteiger partial charge in [-0.3, -0.25) is 4.79 Å². The molecule has 2 aromatic carbocycles. The Balaban J connectivity index is 2.09. The van der Waals surface area contributed by atoms with Gasteiger partial charge in [0.05, 0.1) is 14.2 Å². The lowest BCUT2D eigenvalue weighted by atomic mass is 10.1. The summed E-state index contributed by atoms with van der Waals surface area (Å²) in [5.74, 6) is 1.02. The Hall–Kier alpha value is -2.75. The molecule has 0 amide bonds. The van der Waals surface area contributed by atoms with Crippen LogP contribution in [0.1, 0.15) is 15.9 Å². The van der Waals surface area contributed by atoms with Crippen LogP contribution in [0.15, 0.2) is 54.7 Å². The van der Waals surface area contributed by atoms with Gasteiger partial charge in [0.25, 0.3) is 0 Å². The molecule has 0 saturated heterocycles. The van der Waals surface area contributed by atoms with Crippen molar-refractivity contribution >= 4 is 11.5 Å². The van der Waals surface area contributed by atoms with Crippen molar-refractivity contribution in [2.45, 2.75) is 6.92 Å². The molecule has 1 N–H and O–H groups in total. The molecule has 0 spiro atoms. The van der Waals surface area contributed by atoms with Crippen LogP contribution in [0.4, 0.5) is 5.69 Å². The number of ether oxygens (including phenoxy) is 2. The molecule has 4 heteroatoms. The molecule has 0 aliphatic carbocycles. The summed E-state index contributed by atoms with van der Waals surface area (Å²) in [5, 5.41) is 3.11. The van der Waals surface area contributed by atoms with Gasteiger partial charge in [-0.05, 0) is 36.8 Å². The summed E-state index contributed by atoms with van der Waals surface area (Å²) >= 11 is 0. The zero-order chi connectivity index (χ0) is 15.9. The Morgan fingerprint density at radius 2 is 1.77 bits per heavy atom. The smallest absolute Gasteiger partial charge is 0.187 e. The predicted octanol–water partition coefficient (Wildman–Crippen LogP) is 3.82. The van der Waals surface area contributed by atoms with Crippen LogP contribution < -0.4 is 14.8 Å². The second-order valence-corrected chi connectivity index (χ2v) is 4.73. The third-order valence-electron chi connectivity index (χ3n) is 3.29. The normalized spacial score (nSPS) is 10.5. The van der Waals surface area contributed by atoms with E-state index in [1.54, 1.807) is 38.6 Å². The first-order chi connectivity index (χ1) is 10.7. The van der Waals surface area contributed by atoms with E-state index in [4.69, 9.17) is 9.47 Å². The predicted molar refractivity (Wildman–Crippen MR) is 87.8 cm³/mol. The van der Waals surface area contributed by atoms with Gasteiger partial charge in [-0.2, -0.15) is 0 Å². The summed E-state index contributed by atoms with van der Waals surface area (Å²) in [4.78, 5) is 12.2. The first kappa shape index (κ1) is 15.6. The van der Waals surface area contributed by atoms with Crippen molar-refractivity contribution < 1.29 is 14.3 Å². The summed E-state index contributed by atoms with van der Waals surface area (Å²) in [6.45, 7) is 2.01. The van der Waals surface area contributed by atoms with Gasteiger partial charge >= 0.3 is 0 Å². The summed E-state index contributed by atoms with van der Waals surface area (Å²) in [5.41, 5.74) is 2.63. The molecule has 0 heterocycles. The van der Waals surface area contributed by atoms with Crippen molar-refractivity contribution in [3.63, 3.8) is 0 Å². The number of allylic oxidation sites excluding steroid dienone is 1. The Labute approximate surface area is 130 Å². The molecular weight excluding hydrogens is 278 g/mol. The van der Waals surface area contributed by atoms with Crippen molar-refractivity contribution in [2.24, 2.45) is 0 Å². The van der Waals surface area contributed by atoms with E-state index in [1.807, 2.05) is 31.2 Å². The van der Waals surface area contributed by atoms with Gasteiger partial charge in [-0.25, -0.2) is 0 Å². The molecule has 2 aromatic rings. The Kier molecular flexibility index (Phi) is 5.20. The number of benzene rings is 2. The highest BCUT2D eigenvalue weighted by Crippen LogP contribution is 2.27. The van der Waals surface area contributed by atoms with Crippen LogP contribution in [0.3, 0.4) is 0 Å². The molecule has 0 unspecified atom stereocenters. The topological polar surface area (TPSA) is 47.6 Å². The summed E-state index contributed by atoms with van der Waals surface area (Å²) in [7, 11) is 3.10. The number of carbonyl (C=O) groups excluding carboxylic acids is 1. The van der Waals surface area contributed by atoms with Crippen LogP contribution in [0.25, 0.3) is 0 Å². The van der Waals surface area contributed by atoms with Crippen LogP contribution in [0, 0.1) is 6.92 Å². The average Bonchev–Trinajstić information content (AvgIpc) is 2.55. The fraction of sp³-hybridized carbons (Fsp3) is 0.167. The van der Waals surface area contributed by atoms with Crippen LogP contribution in [0.2, 0.25) is 0 Å². The summed E-state index contributed by atoms with van der Waals surface area (Å²) < 4.78 is 10.4. The second kappa shape index (κ2) is 7.31. The van der Waals surface area contributed by atoms with Gasteiger partial charge in [0.15, 0.2) is 17.3 Å². The first-order valence-electron chi connectivity index (χ1n) is 6.90. The fourth-order valence-electron chi connectivity index (χ4n) is 2.03. The molecular formula is C18H19NO3. The number of aryl methyl sites for hydroxylation is 1. The van der Waals surface area contributed by atoms with Gasteiger partial charge in [0.1, 0.15) is 0 Å². The molecule has 0 aliphatic heterocycles. The van der Waals surface area contributed by atoms with E-state index in [0.29, 0.717) is 17.1 Å². The minimum atomic E-state index is -0.109. The Morgan fingerprint density at radius 1 is 1.05 bits per heavy atom. The van der Waals surface area contributed by atoms with Crippen LogP contribution in [0.5, 0.6) is 11.5 Å². The number of para-hydroxylation sites is 1. The van der Waals surface area contributed by atoms with Crippen molar-refractivity contribution in [3.05, 3.63) is 65.9 Å². The minimum absolute atomic E-state index is 0.109. The zero-order valence-electron chi connectivity index (χ0n) is 12.9. The fourth-order valence-corrected chi connectivity index (χ4v) is 2.03. The number of methoxy groups -OCH3 is 2. The first-order valence-corrected chi connectivity index (χ1v) is 6.90. The molecule has 114 valence electrons. The number of hydrogen-bond acceptors (Lipinski definition) is 4. The largest absolute Gasteiger partial charge is 0.493 e. The summed E-state index contributed by atoms with van der Waals surface area (Å²) in [6, 6.07) is 13.0. The van der Waals surface area contributed by atoms with Crippen LogP contribution in [-0.4, -0.2) is 20.0 Å². The van der Waals surface area contributed by atoms with Crippen molar-refractivity contribution in [2.75, 3.05) is 19.5 Å². The molecule has 0 radical (unpaired) electrons. The molecule has 0 saturated carbocycles. The van der Waals surface area contributed by atoms with Crippen LogP contribution >= 0.6 is 0 Å². The van der Waals surface area contributed by atoms with Gasteiger partial charge < -0.3 is 14.8 Å². The zero-order valence-corrected chi connectivity index (χ0v) is 12.9. The Bertz CT molecular complexity index is 692. The lowest BCUT2D eigenvalue weighted by Crippen LogP contribution is -1.99. The van der Waals surface area contributed by atoms with Gasteiger partial charge in [-0.15, -0.1) is 0 Å². The maximum absolute atomic E-state index is 12.2. The maximum Gasteiger partial charge on any atom is 0.187 e. The molecule has 0 fully saturated rings. The quantitative estimate of drug-likeness (QED) is 0.650. The standard InChI is InChI=1S/C18H19NO3/c1-13-6-4-5-7-15(13)19-11-10-16(20)14-8-9-17(21-2)18(12-14)22-3/h4-12,19H,1-3H3. The van der Waals surface area contributed by atoms with Crippen molar-refractivity contribution in [1.82, 2.24) is 0 Å². The maximum atomic E-state index is 12.2. The number of anilines is 1. The van der Waals surface area contributed by atoms with Gasteiger partial charge in [-0.1, -0.05) is 18.2 Å². The van der Waals surface area contributed by atoms with E-state index < -0.39 is 0 Å². The third kappa shape index (κ3) is 3.67.